The van der Waals surface area contributed by atoms with Crippen LogP contribution in [0, 0.1) is 17.2 Å². The lowest BCUT2D eigenvalue weighted by Gasteiger charge is -2.22. The molecular weight excluding hydrogens is 214 g/mol. The first-order valence-electron chi connectivity index (χ1n) is 6.46. The van der Waals surface area contributed by atoms with Crippen molar-refractivity contribution in [2.75, 3.05) is 26.2 Å². The second-order valence-corrected chi connectivity index (χ2v) is 4.74. The number of hydrogen-bond acceptors (Lipinski definition) is 3. The van der Waals surface area contributed by atoms with E-state index in [-0.39, 0.29) is 5.91 Å². The third-order valence-electron chi connectivity index (χ3n) is 2.38. The smallest absolute Gasteiger partial charge is 0.234 e. The fourth-order valence-electron chi connectivity index (χ4n) is 1.62. The molecule has 17 heavy (non-hydrogen) atoms. The van der Waals surface area contributed by atoms with E-state index < -0.39 is 0 Å². The Kier molecular flexibility index (Phi) is 9.46. The molecule has 98 valence electrons. The lowest BCUT2D eigenvalue weighted by atomic mass is 10.2. The first kappa shape index (κ1) is 15.9. The number of amides is 1. The van der Waals surface area contributed by atoms with E-state index in [0.29, 0.717) is 25.4 Å². The summed E-state index contributed by atoms with van der Waals surface area (Å²) in [6, 6.07) is 2.12. The highest BCUT2D eigenvalue weighted by Crippen LogP contribution is 1.99. The quantitative estimate of drug-likeness (QED) is 0.624. The van der Waals surface area contributed by atoms with E-state index in [1.54, 1.807) is 0 Å². The van der Waals surface area contributed by atoms with Gasteiger partial charge in [0.05, 0.1) is 12.6 Å². The molecule has 0 aromatic carbocycles. The van der Waals surface area contributed by atoms with Crippen molar-refractivity contribution in [3.8, 4) is 6.07 Å². The van der Waals surface area contributed by atoms with Crippen LogP contribution in [0.5, 0.6) is 0 Å². The van der Waals surface area contributed by atoms with Gasteiger partial charge in [-0.15, -0.1) is 0 Å². The number of hydrogen-bond donors (Lipinski definition) is 1. The number of rotatable bonds is 9. The molecule has 0 radical (unpaired) electrons. The van der Waals surface area contributed by atoms with E-state index in [0.717, 1.165) is 25.9 Å². The van der Waals surface area contributed by atoms with Gasteiger partial charge in [0.25, 0.3) is 0 Å². The van der Waals surface area contributed by atoms with Crippen molar-refractivity contribution in [1.82, 2.24) is 10.2 Å². The topological polar surface area (TPSA) is 56.1 Å². The summed E-state index contributed by atoms with van der Waals surface area (Å²) in [5.41, 5.74) is 0. The third kappa shape index (κ3) is 9.83. The van der Waals surface area contributed by atoms with Crippen LogP contribution >= 0.6 is 0 Å². The number of nitrogens with one attached hydrogen (secondary N) is 1. The van der Waals surface area contributed by atoms with E-state index in [9.17, 15) is 4.79 Å². The molecule has 1 amide bonds. The van der Waals surface area contributed by atoms with Gasteiger partial charge in [0.2, 0.25) is 5.91 Å². The highest BCUT2D eigenvalue weighted by molar-refractivity contribution is 5.77. The number of nitrogens with zero attached hydrogens (tertiary/aromatic N) is 2. The Morgan fingerprint density at radius 3 is 2.71 bits per heavy atom. The van der Waals surface area contributed by atoms with Crippen LogP contribution in [0.1, 0.15) is 40.0 Å². The van der Waals surface area contributed by atoms with Crippen LogP contribution in [-0.2, 0) is 4.79 Å². The van der Waals surface area contributed by atoms with Crippen molar-refractivity contribution in [3.05, 3.63) is 0 Å². The SMILES string of the molecule is CCCCNC(=O)CN(CCC#N)CC(C)C. The monoisotopic (exact) mass is 239 g/mol. The minimum Gasteiger partial charge on any atom is -0.355 e. The summed E-state index contributed by atoms with van der Waals surface area (Å²) < 4.78 is 0. The van der Waals surface area contributed by atoms with Crippen molar-refractivity contribution in [1.29, 1.82) is 5.26 Å². The number of unbranched alkanes of at least 4 members (excludes halogenated alkanes) is 1. The lowest BCUT2D eigenvalue weighted by molar-refractivity contribution is -0.122. The van der Waals surface area contributed by atoms with E-state index in [1.165, 1.54) is 0 Å². The maximum Gasteiger partial charge on any atom is 0.234 e. The lowest BCUT2D eigenvalue weighted by Crippen LogP contribution is -2.39. The van der Waals surface area contributed by atoms with Gasteiger partial charge in [0.15, 0.2) is 0 Å². The summed E-state index contributed by atoms with van der Waals surface area (Å²) in [6.07, 6.45) is 2.59. The fraction of sp³-hybridized carbons (Fsp3) is 0.846. The molecule has 0 atom stereocenters. The molecule has 0 spiro atoms. The largest absolute Gasteiger partial charge is 0.355 e. The van der Waals surface area contributed by atoms with Crippen LogP contribution in [0.2, 0.25) is 0 Å². The van der Waals surface area contributed by atoms with Gasteiger partial charge in [0, 0.05) is 26.1 Å². The van der Waals surface area contributed by atoms with Crippen molar-refractivity contribution in [2.24, 2.45) is 5.92 Å². The highest BCUT2D eigenvalue weighted by atomic mass is 16.2. The molecule has 4 nitrogen and oxygen atoms in total. The van der Waals surface area contributed by atoms with Crippen LogP contribution in [0.3, 0.4) is 0 Å². The van der Waals surface area contributed by atoms with Crippen LogP contribution in [0.15, 0.2) is 0 Å². The van der Waals surface area contributed by atoms with Crippen molar-refractivity contribution in [3.63, 3.8) is 0 Å². The number of carbonyl (C=O) groups excluding carboxylic acids is 1. The zero-order chi connectivity index (χ0) is 13.1. The predicted octanol–water partition coefficient (Wildman–Crippen LogP) is 1.77. The van der Waals surface area contributed by atoms with Gasteiger partial charge in [-0.2, -0.15) is 5.26 Å². The Bertz CT molecular complexity index is 246. The normalized spacial score (nSPS) is 10.6. The molecule has 0 aromatic heterocycles. The van der Waals surface area contributed by atoms with Crippen LogP contribution in [0.25, 0.3) is 0 Å². The van der Waals surface area contributed by atoms with Gasteiger partial charge in [0.1, 0.15) is 0 Å². The summed E-state index contributed by atoms with van der Waals surface area (Å²) >= 11 is 0. The van der Waals surface area contributed by atoms with Gasteiger partial charge < -0.3 is 5.32 Å². The summed E-state index contributed by atoms with van der Waals surface area (Å²) in [4.78, 5) is 13.7. The third-order valence-corrected chi connectivity index (χ3v) is 2.38. The van der Waals surface area contributed by atoms with Gasteiger partial charge in [-0.05, 0) is 12.3 Å². The zero-order valence-corrected chi connectivity index (χ0v) is 11.3. The second kappa shape index (κ2) is 10.1. The average molecular weight is 239 g/mol. The molecule has 0 fully saturated rings. The predicted molar refractivity (Wildman–Crippen MR) is 69.4 cm³/mol. The van der Waals surface area contributed by atoms with E-state index >= 15 is 0 Å². The Morgan fingerprint density at radius 1 is 1.47 bits per heavy atom. The molecule has 0 bridgehead atoms. The highest BCUT2D eigenvalue weighted by Gasteiger charge is 2.11. The Balaban J connectivity index is 3.95. The molecule has 0 saturated carbocycles. The average Bonchev–Trinajstić information content (AvgIpc) is 2.25. The molecule has 1 N–H and O–H groups in total. The van der Waals surface area contributed by atoms with Crippen molar-refractivity contribution in [2.45, 2.75) is 40.0 Å². The minimum atomic E-state index is 0.0667. The molecule has 0 aliphatic carbocycles. The summed E-state index contributed by atoms with van der Waals surface area (Å²) in [5, 5.41) is 11.5. The molecule has 0 heterocycles. The van der Waals surface area contributed by atoms with Crippen molar-refractivity contribution < 1.29 is 4.79 Å². The zero-order valence-electron chi connectivity index (χ0n) is 11.3. The molecule has 0 aliphatic rings. The minimum absolute atomic E-state index is 0.0667. The summed E-state index contributed by atoms with van der Waals surface area (Å²) in [5.74, 6) is 0.578. The maximum atomic E-state index is 11.6. The number of carbonyl (C=O) groups is 1. The molecule has 0 rings (SSSR count). The van der Waals surface area contributed by atoms with Gasteiger partial charge in [-0.25, -0.2) is 0 Å². The first-order chi connectivity index (χ1) is 8.10. The Labute approximate surface area is 105 Å². The standard InChI is InChI=1S/C13H25N3O/c1-4-5-8-15-13(17)11-16(9-6-7-14)10-12(2)3/h12H,4-6,8-11H2,1-3H3,(H,15,17). The van der Waals surface area contributed by atoms with Gasteiger partial charge in [-0.3, -0.25) is 9.69 Å². The molecule has 0 saturated heterocycles. The van der Waals surface area contributed by atoms with E-state index in [2.05, 4.69) is 37.1 Å². The van der Waals surface area contributed by atoms with Crippen LogP contribution in [-0.4, -0.2) is 37.0 Å². The van der Waals surface area contributed by atoms with E-state index in [4.69, 9.17) is 5.26 Å². The summed E-state index contributed by atoms with van der Waals surface area (Å²) in [7, 11) is 0. The molecule has 0 aliphatic heterocycles. The molecule has 0 unspecified atom stereocenters. The molecular formula is C13H25N3O. The maximum absolute atomic E-state index is 11.6. The van der Waals surface area contributed by atoms with Crippen LogP contribution in [0.4, 0.5) is 0 Å². The van der Waals surface area contributed by atoms with Gasteiger partial charge in [-0.1, -0.05) is 27.2 Å². The van der Waals surface area contributed by atoms with Crippen LogP contribution < -0.4 is 5.32 Å². The Morgan fingerprint density at radius 2 is 2.18 bits per heavy atom. The second-order valence-electron chi connectivity index (χ2n) is 4.74. The number of nitriles is 1. The fourth-order valence-corrected chi connectivity index (χ4v) is 1.62. The molecule has 0 aromatic rings. The summed E-state index contributed by atoms with van der Waals surface area (Å²) in [6.45, 7) is 9.04. The molecule has 4 heteroatoms. The van der Waals surface area contributed by atoms with Crippen molar-refractivity contribution >= 4 is 5.91 Å². The van der Waals surface area contributed by atoms with E-state index in [1.807, 2.05) is 0 Å². The Hall–Kier alpha value is -1.08. The van der Waals surface area contributed by atoms with Gasteiger partial charge >= 0.3 is 0 Å². The first-order valence-corrected chi connectivity index (χ1v) is 6.46.